The van der Waals surface area contributed by atoms with Gasteiger partial charge in [-0.2, -0.15) is 4.31 Å². The Morgan fingerprint density at radius 3 is 2.52 bits per heavy atom. The van der Waals surface area contributed by atoms with Crippen molar-refractivity contribution in [3.8, 4) is 0 Å². The highest BCUT2D eigenvalue weighted by Crippen LogP contribution is 2.31. The minimum Gasteiger partial charge on any atom is -0.358 e. The summed E-state index contributed by atoms with van der Waals surface area (Å²) in [6, 6.07) is 10.2. The Bertz CT molecular complexity index is 1020. The third kappa shape index (κ3) is 3.43. The van der Waals surface area contributed by atoms with E-state index in [9.17, 15) is 23.3 Å². The second-order valence-electron chi connectivity index (χ2n) is 6.36. The molecule has 0 saturated carbocycles. The van der Waals surface area contributed by atoms with E-state index in [1.54, 1.807) is 13.0 Å². The lowest BCUT2D eigenvalue weighted by atomic mass is 9.95. The zero-order valence-corrected chi connectivity index (χ0v) is 15.7. The lowest BCUT2D eigenvalue weighted by molar-refractivity contribution is -0.385. The molecule has 0 aliphatic carbocycles. The maximum absolute atomic E-state index is 13.2. The minimum absolute atomic E-state index is 0.0261. The van der Waals surface area contributed by atoms with E-state index in [2.05, 4.69) is 5.32 Å². The molecule has 9 heteroatoms. The van der Waals surface area contributed by atoms with Crippen LogP contribution >= 0.6 is 0 Å². The standard InChI is InChI=1S/C18H19N3O5S/c1-12-7-8-15(10-16(12)21(23)24)27(25,26)20-11-14-6-4-3-5-13(14)9-17(20)18(22)19-2/h3-8,10,17H,9,11H2,1-2H3,(H,19,22)/t17-/m0/s1. The van der Waals surface area contributed by atoms with Gasteiger partial charge in [-0.1, -0.05) is 30.3 Å². The molecule has 0 spiro atoms. The van der Waals surface area contributed by atoms with Crippen LogP contribution in [0.4, 0.5) is 5.69 Å². The molecule has 1 amide bonds. The number of benzene rings is 2. The zero-order chi connectivity index (χ0) is 19.8. The van der Waals surface area contributed by atoms with Crippen LogP contribution in [0.2, 0.25) is 0 Å². The van der Waals surface area contributed by atoms with Gasteiger partial charge in [0.25, 0.3) is 5.69 Å². The van der Waals surface area contributed by atoms with Crippen molar-refractivity contribution in [1.82, 2.24) is 9.62 Å². The molecule has 0 bridgehead atoms. The van der Waals surface area contributed by atoms with Crippen molar-refractivity contribution in [2.24, 2.45) is 0 Å². The van der Waals surface area contributed by atoms with E-state index >= 15 is 0 Å². The molecular formula is C18H19N3O5S. The summed E-state index contributed by atoms with van der Waals surface area (Å²) in [6.45, 7) is 1.57. The van der Waals surface area contributed by atoms with Gasteiger partial charge in [-0.05, 0) is 30.5 Å². The first-order chi connectivity index (χ1) is 12.8. The number of hydrogen-bond donors (Lipinski definition) is 1. The predicted octanol–water partition coefficient (Wildman–Crippen LogP) is 1.76. The summed E-state index contributed by atoms with van der Waals surface area (Å²) in [5.74, 6) is -0.422. The Morgan fingerprint density at radius 2 is 1.89 bits per heavy atom. The molecule has 2 aromatic carbocycles. The molecule has 3 rings (SSSR count). The van der Waals surface area contributed by atoms with Crippen LogP contribution in [0.25, 0.3) is 0 Å². The van der Waals surface area contributed by atoms with E-state index in [0.29, 0.717) is 5.56 Å². The molecule has 1 heterocycles. The summed E-state index contributed by atoms with van der Waals surface area (Å²) in [6.07, 6.45) is 0.239. The van der Waals surface area contributed by atoms with Crippen LogP contribution in [0.5, 0.6) is 0 Å². The van der Waals surface area contributed by atoms with Crippen molar-refractivity contribution in [2.75, 3.05) is 7.05 Å². The molecule has 1 N–H and O–H groups in total. The van der Waals surface area contributed by atoms with Crippen molar-refractivity contribution in [3.05, 3.63) is 69.3 Å². The average Bonchev–Trinajstić information content (AvgIpc) is 2.66. The topological polar surface area (TPSA) is 110 Å². The number of sulfonamides is 1. The normalized spacial score (nSPS) is 17.2. The zero-order valence-electron chi connectivity index (χ0n) is 14.9. The fraction of sp³-hybridized carbons (Fsp3) is 0.278. The minimum atomic E-state index is -4.11. The molecule has 0 saturated heterocycles. The van der Waals surface area contributed by atoms with Crippen LogP contribution in [0, 0.1) is 17.0 Å². The van der Waals surface area contributed by atoms with Gasteiger partial charge in [-0.25, -0.2) is 8.42 Å². The number of fused-ring (bicyclic) bond motifs is 1. The van der Waals surface area contributed by atoms with Crippen molar-refractivity contribution in [3.63, 3.8) is 0 Å². The van der Waals surface area contributed by atoms with Gasteiger partial charge in [-0.15, -0.1) is 0 Å². The quantitative estimate of drug-likeness (QED) is 0.633. The highest BCUT2D eigenvalue weighted by molar-refractivity contribution is 7.89. The fourth-order valence-corrected chi connectivity index (χ4v) is 4.81. The maximum atomic E-state index is 13.2. The molecule has 8 nitrogen and oxygen atoms in total. The van der Waals surface area contributed by atoms with Gasteiger partial charge in [0.2, 0.25) is 15.9 Å². The molecule has 27 heavy (non-hydrogen) atoms. The van der Waals surface area contributed by atoms with Gasteiger partial charge in [-0.3, -0.25) is 14.9 Å². The lowest BCUT2D eigenvalue weighted by Crippen LogP contribution is -2.51. The number of hydrogen-bond acceptors (Lipinski definition) is 5. The van der Waals surface area contributed by atoms with Crippen molar-refractivity contribution in [2.45, 2.75) is 30.8 Å². The second kappa shape index (κ2) is 7.09. The molecular weight excluding hydrogens is 370 g/mol. The van der Waals surface area contributed by atoms with E-state index < -0.39 is 26.9 Å². The highest BCUT2D eigenvalue weighted by Gasteiger charge is 2.39. The highest BCUT2D eigenvalue weighted by atomic mass is 32.2. The number of nitro benzene ring substituents is 1. The third-order valence-corrected chi connectivity index (χ3v) is 6.59. The lowest BCUT2D eigenvalue weighted by Gasteiger charge is -2.34. The van der Waals surface area contributed by atoms with Crippen molar-refractivity contribution in [1.29, 1.82) is 0 Å². The Morgan fingerprint density at radius 1 is 1.22 bits per heavy atom. The van der Waals surface area contributed by atoms with Gasteiger partial charge in [0.05, 0.1) is 9.82 Å². The maximum Gasteiger partial charge on any atom is 0.273 e. The van der Waals surface area contributed by atoms with Gasteiger partial charge in [0, 0.05) is 25.2 Å². The van der Waals surface area contributed by atoms with Gasteiger partial charge < -0.3 is 5.32 Å². The SMILES string of the molecule is CNC(=O)[C@@H]1Cc2ccccc2CN1S(=O)(=O)c1ccc(C)c([N+](=O)[O-])c1. The molecule has 142 valence electrons. The molecule has 1 aliphatic heterocycles. The number of nitro groups is 1. The van der Waals surface area contributed by atoms with Gasteiger partial charge in [0.1, 0.15) is 6.04 Å². The van der Waals surface area contributed by atoms with E-state index in [1.807, 2.05) is 18.2 Å². The van der Waals surface area contributed by atoms with E-state index in [1.165, 1.54) is 19.2 Å². The van der Waals surface area contributed by atoms with E-state index in [-0.39, 0.29) is 23.5 Å². The molecule has 0 radical (unpaired) electrons. The first-order valence-electron chi connectivity index (χ1n) is 8.31. The summed E-state index contributed by atoms with van der Waals surface area (Å²) in [7, 11) is -2.66. The largest absolute Gasteiger partial charge is 0.358 e. The van der Waals surface area contributed by atoms with E-state index in [4.69, 9.17) is 0 Å². The molecule has 2 aromatic rings. The van der Waals surface area contributed by atoms with Gasteiger partial charge >= 0.3 is 0 Å². The number of carbonyl (C=O) groups is 1. The summed E-state index contributed by atoms with van der Waals surface area (Å²) < 4.78 is 27.6. The number of carbonyl (C=O) groups excluding carboxylic acids is 1. The fourth-order valence-electron chi connectivity index (χ4n) is 3.22. The monoisotopic (exact) mass is 389 g/mol. The summed E-state index contributed by atoms with van der Waals surface area (Å²) >= 11 is 0. The summed E-state index contributed by atoms with van der Waals surface area (Å²) in [4.78, 5) is 22.7. The molecule has 0 fully saturated rings. The molecule has 0 unspecified atom stereocenters. The van der Waals surface area contributed by atoms with Crippen LogP contribution < -0.4 is 5.32 Å². The molecule has 1 atom stereocenters. The number of nitrogens with zero attached hydrogens (tertiary/aromatic N) is 2. The van der Waals surface area contributed by atoms with Crippen LogP contribution in [-0.2, 0) is 27.8 Å². The van der Waals surface area contributed by atoms with Gasteiger partial charge in [0.15, 0.2) is 0 Å². The van der Waals surface area contributed by atoms with Crippen LogP contribution in [-0.4, -0.2) is 36.6 Å². The Labute approximate surface area is 157 Å². The molecule has 0 aromatic heterocycles. The second-order valence-corrected chi connectivity index (χ2v) is 8.25. The van der Waals surface area contributed by atoms with Crippen molar-refractivity contribution < 1.29 is 18.1 Å². The number of nitrogens with one attached hydrogen (secondary N) is 1. The summed E-state index contributed by atoms with van der Waals surface area (Å²) in [5, 5.41) is 13.7. The Hall–Kier alpha value is -2.78. The van der Waals surface area contributed by atoms with Crippen LogP contribution in [0.3, 0.4) is 0 Å². The van der Waals surface area contributed by atoms with Crippen molar-refractivity contribution >= 4 is 21.6 Å². The van der Waals surface area contributed by atoms with Crippen LogP contribution in [0.1, 0.15) is 16.7 Å². The van der Waals surface area contributed by atoms with E-state index in [0.717, 1.165) is 21.5 Å². The predicted molar refractivity (Wildman–Crippen MR) is 98.6 cm³/mol. The Kier molecular flexibility index (Phi) is 4.99. The third-order valence-electron chi connectivity index (χ3n) is 4.74. The number of aryl methyl sites for hydroxylation is 1. The smallest absolute Gasteiger partial charge is 0.273 e. The average molecular weight is 389 g/mol. The number of amides is 1. The van der Waals surface area contributed by atoms with Crippen LogP contribution in [0.15, 0.2) is 47.4 Å². The Balaban J connectivity index is 2.10. The number of rotatable bonds is 4. The summed E-state index contributed by atoms with van der Waals surface area (Å²) in [5.41, 5.74) is 1.81. The first-order valence-corrected chi connectivity index (χ1v) is 9.75. The number of likely N-dealkylation sites (N-methyl/N-ethyl adjacent to an activating group) is 1. The molecule has 1 aliphatic rings. The first kappa shape index (κ1) is 19.0.